The Morgan fingerprint density at radius 1 is 1.21 bits per heavy atom. The Morgan fingerprint density at radius 3 is 2.71 bits per heavy atom. The molecule has 1 N–H and O–H groups in total. The molecular formula is C18H19BrN2O3. The first-order valence-corrected chi connectivity index (χ1v) is 8.54. The van der Waals surface area contributed by atoms with Crippen LogP contribution < -0.4 is 15.0 Å². The molecule has 0 aliphatic carbocycles. The molecule has 1 fully saturated rings. The van der Waals surface area contributed by atoms with Gasteiger partial charge in [0.05, 0.1) is 26.0 Å². The lowest BCUT2D eigenvalue weighted by atomic mass is 10.2. The Labute approximate surface area is 149 Å². The monoisotopic (exact) mass is 390 g/mol. The third-order valence-electron chi connectivity index (χ3n) is 3.89. The van der Waals surface area contributed by atoms with Gasteiger partial charge in [-0.2, -0.15) is 0 Å². The average Bonchev–Trinajstić information content (AvgIpc) is 2.62. The topological polar surface area (TPSA) is 50.8 Å². The zero-order valence-corrected chi connectivity index (χ0v) is 15.0. The summed E-state index contributed by atoms with van der Waals surface area (Å²) in [5, 5.41) is 2.94. The van der Waals surface area contributed by atoms with Gasteiger partial charge in [-0.3, -0.25) is 4.79 Å². The molecule has 0 unspecified atom stereocenters. The van der Waals surface area contributed by atoms with Crippen molar-refractivity contribution >= 4 is 33.2 Å². The van der Waals surface area contributed by atoms with Gasteiger partial charge in [0.2, 0.25) is 0 Å². The molecule has 1 heterocycles. The number of nitrogens with one attached hydrogen (secondary N) is 1. The highest BCUT2D eigenvalue weighted by atomic mass is 79.9. The molecule has 2 aromatic rings. The Balaban J connectivity index is 1.83. The molecule has 24 heavy (non-hydrogen) atoms. The van der Waals surface area contributed by atoms with Gasteiger partial charge in [0.25, 0.3) is 5.91 Å². The molecule has 0 aromatic heterocycles. The van der Waals surface area contributed by atoms with Gasteiger partial charge in [-0.05, 0) is 36.4 Å². The van der Waals surface area contributed by atoms with E-state index in [2.05, 4.69) is 26.1 Å². The molecular weight excluding hydrogens is 372 g/mol. The number of carbonyl (C=O) groups excluding carboxylic acids is 1. The highest BCUT2D eigenvalue weighted by Gasteiger charge is 2.15. The zero-order chi connectivity index (χ0) is 16.9. The number of amides is 1. The minimum absolute atomic E-state index is 0.172. The van der Waals surface area contributed by atoms with Gasteiger partial charge in [-0.15, -0.1) is 0 Å². The van der Waals surface area contributed by atoms with Crippen LogP contribution in [0.3, 0.4) is 0 Å². The van der Waals surface area contributed by atoms with E-state index in [1.807, 2.05) is 30.3 Å². The Bertz CT molecular complexity index is 730. The lowest BCUT2D eigenvalue weighted by Gasteiger charge is -2.29. The summed E-state index contributed by atoms with van der Waals surface area (Å²) in [6, 6.07) is 13.1. The van der Waals surface area contributed by atoms with Crippen molar-refractivity contribution in [2.45, 2.75) is 0 Å². The molecule has 0 spiro atoms. The van der Waals surface area contributed by atoms with Gasteiger partial charge in [0.15, 0.2) is 0 Å². The lowest BCUT2D eigenvalue weighted by molar-refractivity contribution is 0.102. The predicted octanol–water partition coefficient (Wildman–Crippen LogP) is 3.55. The van der Waals surface area contributed by atoms with Crippen LogP contribution in [0.2, 0.25) is 0 Å². The van der Waals surface area contributed by atoms with Gasteiger partial charge >= 0.3 is 0 Å². The summed E-state index contributed by atoms with van der Waals surface area (Å²) in [5.41, 5.74) is 2.29. The molecule has 0 radical (unpaired) electrons. The van der Waals surface area contributed by atoms with E-state index in [4.69, 9.17) is 9.47 Å². The van der Waals surface area contributed by atoms with E-state index < -0.39 is 0 Å². The molecule has 126 valence electrons. The summed E-state index contributed by atoms with van der Waals surface area (Å²) in [4.78, 5) is 14.7. The first kappa shape index (κ1) is 16.8. The van der Waals surface area contributed by atoms with Crippen LogP contribution in [0.25, 0.3) is 0 Å². The first-order valence-electron chi connectivity index (χ1n) is 7.75. The lowest BCUT2D eigenvalue weighted by Crippen LogP contribution is -2.36. The van der Waals surface area contributed by atoms with E-state index in [0.29, 0.717) is 30.2 Å². The number of morpholine rings is 1. The smallest absolute Gasteiger partial charge is 0.255 e. The highest BCUT2D eigenvalue weighted by Crippen LogP contribution is 2.30. The molecule has 6 heteroatoms. The quantitative estimate of drug-likeness (QED) is 0.866. The normalized spacial score (nSPS) is 14.3. The fourth-order valence-corrected chi connectivity index (χ4v) is 3.04. The molecule has 0 saturated carbocycles. The van der Waals surface area contributed by atoms with Crippen molar-refractivity contribution in [3.05, 3.63) is 52.5 Å². The van der Waals surface area contributed by atoms with Crippen molar-refractivity contribution in [2.24, 2.45) is 0 Å². The summed E-state index contributed by atoms with van der Waals surface area (Å²) >= 11 is 3.38. The minimum atomic E-state index is -0.172. The van der Waals surface area contributed by atoms with Crippen molar-refractivity contribution in [3.63, 3.8) is 0 Å². The van der Waals surface area contributed by atoms with Crippen LogP contribution in [-0.2, 0) is 4.74 Å². The number of nitrogens with zero attached hydrogens (tertiary/aromatic N) is 1. The van der Waals surface area contributed by atoms with Crippen LogP contribution in [0.15, 0.2) is 46.9 Å². The molecule has 3 rings (SSSR count). The number of benzene rings is 2. The van der Waals surface area contributed by atoms with E-state index >= 15 is 0 Å². The second kappa shape index (κ2) is 7.68. The number of hydrogen-bond donors (Lipinski definition) is 1. The third-order valence-corrected chi connectivity index (χ3v) is 4.39. The van der Waals surface area contributed by atoms with E-state index in [-0.39, 0.29) is 5.91 Å². The average molecular weight is 391 g/mol. The van der Waals surface area contributed by atoms with Crippen LogP contribution in [0.5, 0.6) is 5.75 Å². The number of carbonyl (C=O) groups is 1. The number of ether oxygens (including phenoxy) is 2. The Morgan fingerprint density at radius 2 is 2.00 bits per heavy atom. The molecule has 1 amide bonds. The van der Waals surface area contributed by atoms with Crippen LogP contribution in [0.1, 0.15) is 10.4 Å². The summed E-state index contributed by atoms with van der Waals surface area (Å²) in [6.45, 7) is 3.11. The number of hydrogen-bond acceptors (Lipinski definition) is 4. The Hall–Kier alpha value is -2.05. The van der Waals surface area contributed by atoms with Gasteiger partial charge in [0, 0.05) is 28.8 Å². The summed E-state index contributed by atoms with van der Waals surface area (Å²) in [5.74, 6) is 0.462. The Kier molecular flexibility index (Phi) is 5.37. The zero-order valence-electron chi connectivity index (χ0n) is 13.4. The molecule has 1 saturated heterocycles. The molecule has 2 aromatic carbocycles. The fraction of sp³-hybridized carbons (Fsp3) is 0.278. The summed E-state index contributed by atoms with van der Waals surface area (Å²) < 4.78 is 11.6. The van der Waals surface area contributed by atoms with Crippen molar-refractivity contribution in [1.29, 1.82) is 0 Å². The van der Waals surface area contributed by atoms with E-state index in [9.17, 15) is 4.79 Å². The predicted molar refractivity (Wildman–Crippen MR) is 98.1 cm³/mol. The minimum Gasteiger partial charge on any atom is -0.495 e. The molecule has 0 bridgehead atoms. The maximum atomic E-state index is 12.5. The number of rotatable bonds is 4. The molecule has 1 aliphatic rings. The maximum Gasteiger partial charge on any atom is 0.255 e. The first-order chi connectivity index (χ1) is 11.7. The molecule has 0 atom stereocenters. The van der Waals surface area contributed by atoms with E-state index in [1.165, 1.54) is 0 Å². The standard InChI is InChI=1S/C18H19BrN2O3/c1-23-17-6-5-15(21-7-9-24-10-8-21)12-16(17)20-18(22)13-3-2-4-14(19)11-13/h2-6,11-12H,7-10H2,1H3,(H,20,22). The maximum absolute atomic E-state index is 12.5. The van der Waals surface area contributed by atoms with Crippen LogP contribution in [0, 0.1) is 0 Å². The van der Waals surface area contributed by atoms with Gasteiger partial charge in [-0.1, -0.05) is 22.0 Å². The second-order valence-electron chi connectivity index (χ2n) is 5.45. The van der Waals surface area contributed by atoms with Crippen molar-refractivity contribution in [1.82, 2.24) is 0 Å². The second-order valence-corrected chi connectivity index (χ2v) is 6.36. The van der Waals surface area contributed by atoms with Gasteiger partial charge in [-0.25, -0.2) is 0 Å². The SMILES string of the molecule is COc1ccc(N2CCOCC2)cc1NC(=O)c1cccc(Br)c1. The van der Waals surface area contributed by atoms with Crippen molar-refractivity contribution in [2.75, 3.05) is 43.6 Å². The molecule has 1 aliphatic heterocycles. The molecule has 5 nitrogen and oxygen atoms in total. The number of methoxy groups -OCH3 is 1. The van der Waals surface area contributed by atoms with E-state index in [1.54, 1.807) is 19.2 Å². The van der Waals surface area contributed by atoms with Gasteiger partial charge < -0.3 is 19.7 Å². The van der Waals surface area contributed by atoms with Crippen LogP contribution in [0.4, 0.5) is 11.4 Å². The van der Waals surface area contributed by atoms with E-state index in [0.717, 1.165) is 23.2 Å². The van der Waals surface area contributed by atoms with Crippen molar-refractivity contribution < 1.29 is 14.3 Å². The van der Waals surface area contributed by atoms with Crippen molar-refractivity contribution in [3.8, 4) is 5.75 Å². The van der Waals surface area contributed by atoms with Crippen LogP contribution >= 0.6 is 15.9 Å². The largest absolute Gasteiger partial charge is 0.495 e. The van der Waals surface area contributed by atoms with Gasteiger partial charge in [0.1, 0.15) is 5.75 Å². The highest BCUT2D eigenvalue weighted by molar-refractivity contribution is 9.10. The summed E-state index contributed by atoms with van der Waals surface area (Å²) in [7, 11) is 1.60. The van der Waals surface area contributed by atoms with Crippen LogP contribution in [-0.4, -0.2) is 39.3 Å². The number of halogens is 1. The summed E-state index contributed by atoms with van der Waals surface area (Å²) in [6.07, 6.45) is 0. The fourth-order valence-electron chi connectivity index (χ4n) is 2.64. The number of anilines is 2. The third kappa shape index (κ3) is 3.88.